The van der Waals surface area contributed by atoms with Crippen molar-refractivity contribution in [2.75, 3.05) is 60.0 Å². The Morgan fingerprint density at radius 3 is 1.64 bits per heavy atom. The Bertz CT molecular complexity index is 1240. The number of phenolic OH excluding ortho intramolecular Hbond substituents is 1. The molecule has 2 aromatic rings. The monoisotopic (exact) mass is 544 g/mol. The Morgan fingerprint density at radius 1 is 0.718 bits per heavy atom. The van der Waals surface area contributed by atoms with E-state index in [-0.39, 0.29) is 90.5 Å². The van der Waals surface area contributed by atoms with Crippen LogP contribution in [0.1, 0.15) is 20.7 Å². The highest BCUT2D eigenvalue weighted by Crippen LogP contribution is 2.47. The van der Waals surface area contributed by atoms with Crippen molar-refractivity contribution in [3.05, 3.63) is 35.4 Å². The van der Waals surface area contributed by atoms with Crippen LogP contribution in [-0.2, 0) is 28.4 Å². The number of ether oxygens (including phenoxy) is 9. The molecule has 4 heterocycles. The van der Waals surface area contributed by atoms with E-state index < -0.39 is 11.9 Å². The first kappa shape index (κ1) is 25.7. The van der Waals surface area contributed by atoms with Gasteiger partial charge in [0.25, 0.3) is 0 Å². The summed E-state index contributed by atoms with van der Waals surface area (Å²) in [4.78, 5) is 25.8. The van der Waals surface area contributed by atoms with Gasteiger partial charge < -0.3 is 47.7 Å². The van der Waals surface area contributed by atoms with E-state index in [1.807, 2.05) is 0 Å². The van der Waals surface area contributed by atoms with E-state index >= 15 is 0 Å². The number of aromatic hydroxyl groups is 1. The van der Waals surface area contributed by atoms with E-state index in [4.69, 9.17) is 42.6 Å². The van der Waals surface area contributed by atoms with Gasteiger partial charge in [-0.2, -0.15) is 0 Å². The summed E-state index contributed by atoms with van der Waals surface area (Å²) in [6.07, 6.45) is -0.418. The van der Waals surface area contributed by atoms with Gasteiger partial charge in [-0.05, 0) is 24.3 Å². The molecule has 0 spiro atoms. The standard InChI is InChI=1S/C27H28O12/c1-31-23-5-15(27(30)39-13-19-9-35-19)3-21(25(23)37-11-17-7-33-17)20-2-14(26(29)38-12-18-8-34-18)4-22(28)24(20)36-10-16-6-32-16/h2-5,16-19,28H,6-13H2,1H3. The number of hydrogen-bond acceptors (Lipinski definition) is 12. The third kappa shape index (κ3) is 6.53. The molecule has 0 saturated carbocycles. The van der Waals surface area contributed by atoms with Crippen molar-refractivity contribution < 1.29 is 57.3 Å². The highest BCUT2D eigenvalue weighted by Gasteiger charge is 2.31. The molecule has 4 saturated heterocycles. The second kappa shape index (κ2) is 10.9. The van der Waals surface area contributed by atoms with Crippen molar-refractivity contribution >= 4 is 11.9 Å². The topological polar surface area (TPSA) is 151 Å². The molecule has 4 aliphatic heterocycles. The summed E-state index contributed by atoms with van der Waals surface area (Å²) in [6.45, 7) is 2.80. The van der Waals surface area contributed by atoms with E-state index in [2.05, 4.69) is 0 Å². The third-order valence-corrected chi connectivity index (χ3v) is 6.34. The summed E-state index contributed by atoms with van der Waals surface area (Å²) in [5, 5.41) is 11.0. The van der Waals surface area contributed by atoms with Crippen molar-refractivity contribution in [2.24, 2.45) is 0 Å². The molecule has 0 aliphatic carbocycles. The lowest BCUT2D eigenvalue weighted by molar-refractivity contribution is 0.0468. The maximum absolute atomic E-state index is 12.9. The van der Waals surface area contributed by atoms with Crippen LogP contribution in [0.25, 0.3) is 11.1 Å². The largest absolute Gasteiger partial charge is 0.504 e. The van der Waals surface area contributed by atoms with Crippen LogP contribution in [0.4, 0.5) is 0 Å². The number of epoxide rings is 4. The van der Waals surface area contributed by atoms with Crippen molar-refractivity contribution in [3.63, 3.8) is 0 Å². The Balaban J connectivity index is 1.41. The molecule has 0 aromatic heterocycles. The minimum atomic E-state index is -0.653. The number of carbonyl (C=O) groups is 2. The van der Waals surface area contributed by atoms with Gasteiger partial charge in [0.05, 0.1) is 44.7 Å². The van der Waals surface area contributed by atoms with Crippen LogP contribution in [0.3, 0.4) is 0 Å². The third-order valence-electron chi connectivity index (χ3n) is 6.34. The van der Waals surface area contributed by atoms with Gasteiger partial charge in [-0.25, -0.2) is 9.59 Å². The molecule has 4 atom stereocenters. The Labute approximate surface area is 223 Å². The SMILES string of the molecule is COc1cc(C(=O)OCC2CO2)cc(-c2cc(C(=O)OCC3CO3)cc(O)c2OCC2CO2)c1OCC1CO1. The van der Waals surface area contributed by atoms with Gasteiger partial charge in [-0.1, -0.05) is 0 Å². The summed E-state index contributed by atoms with van der Waals surface area (Å²) in [7, 11) is 1.44. The summed E-state index contributed by atoms with van der Waals surface area (Å²) in [5.41, 5.74) is 0.877. The fraction of sp³-hybridized carbons (Fsp3) is 0.481. The van der Waals surface area contributed by atoms with Crippen LogP contribution in [0.2, 0.25) is 0 Å². The zero-order chi connectivity index (χ0) is 26.9. The van der Waals surface area contributed by atoms with Crippen molar-refractivity contribution in [3.8, 4) is 34.1 Å². The molecule has 4 fully saturated rings. The van der Waals surface area contributed by atoms with E-state index in [9.17, 15) is 14.7 Å². The molecule has 1 N–H and O–H groups in total. The van der Waals surface area contributed by atoms with Crippen molar-refractivity contribution in [1.29, 1.82) is 0 Å². The second-order valence-electron chi connectivity index (χ2n) is 9.57. The zero-order valence-electron chi connectivity index (χ0n) is 21.2. The molecule has 0 radical (unpaired) electrons. The lowest BCUT2D eigenvalue weighted by Gasteiger charge is -2.20. The van der Waals surface area contributed by atoms with Crippen LogP contribution >= 0.6 is 0 Å². The van der Waals surface area contributed by atoms with E-state index in [0.717, 1.165) is 0 Å². The maximum atomic E-state index is 12.9. The highest BCUT2D eigenvalue weighted by atomic mass is 16.6. The van der Waals surface area contributed by atoms with E-state index in [0.29, 0.717) is 32.0 Å². The Morgan fingerprint density at radius 2 is 1.15 bits per heavy atom. The first-order chi connectivity index (χ1) is 19.0. The summed E-state index contributed by atoms with van der Waals surface area (Å²) >= 11 is 0. The molecule has 4 unspecified atom stereocenters. The Hall–Kier alpha value is -3.58. The van der Waals surface area contributed by atoms with Crippen LogP contribution in [0, 0.1) is 0 Å². The molecule has 39 heavy (non-hydrogen) atoms. The molecular formula is C27H28O12. The first-order valence-corrected chi connectivity index (χ1v) is 12.6. The molecule has 2 aromatic carbocycles. The van der Waals surface area contributed by atoms with Crippen LogP contribution in [0.15, 0.2) is 24.3 Å². The quantitative estimate of drug-likeness (QED) is 0.272. The minimum Gasteiger partial charge on any atom is -0.504 e. The number of rotatable bonds is 14. The highest BCUT2D eigenvalue weighted by molar-refractivity contribution is 5.97. The molecular weight excluding hydrogens is 516 g/mol. The molecule has 6 rings (SSSR count). The zero-order valence-corrected chi connectivity index (χ0v) is 21.2. The normalized spacial score (nSPS) is 23.9. The van der Waals surface area contributed by atoms with E-state index in [1.165, 1.54) is 25.3 Å². The number of hydrogen-bond donors (Lipinski definition) is 1. The molecule has 12 heteroatoms. The molecule has 4 aliphatic rings. The number of carbonyl (C=O) groups excluding carboxylic acids is 2. The van der Waals surface area contributed by atoms with Gasteiger partial charge in [-0.3, -0.25) is 0 Å². The molecule has 12 nitrogen and oxygen atoms in total. The first-order valence-electron chi connectivity index (χ1n) is 12.6. The average Bonchev–Trinajstić information content (AvgIpc) is 3.78. The number of phenols is 1. The molecule has 0 bridgehead atoms. The second-order valence-corrected chi connectivity index (χ2v) is 9.57. The molecule has 208 valence electrons. The van der Waals surface area contributed by atoms with Gasteiger partial charge in [-0.15, -0.1) is 0 Å². The van der Waals surface area contributed by atoms with Crippen molar-refractivity contribution in [1.82, 2.24) is 0 Å². The van der Waals surface area contributed by atoms with Gasteiger partial charge in [0.2, 0.25) is 0 Å². The number of methoxy groups -OCH3 is 1. The van der Waals surface area contributed by atoms with Gasteiger partial charge in [0.15, 0.2) is 23.0 Å². The summed E-state index contributed by atoms with van der Waals surface area (Å²) in [6, 6.07) is 5.84. The smallest absolute Gasteiger partial charge is 0.338 e. The maximum Gasteiger partial charge on any atom is 0.338 e. The lowest BCUT2D eigenvalue weighted by Crippen LogP contribution is -2.13. The fourth-order valence-corrected chi connectivity index (χ4v) is 3.82. The summed E-state index contributed by atoms with van der Waals surface area (Å²) in [5.74, 6) is -0.937. The average molecular weight is 545 g/mol. The van der Waals surface area contributed by atoms with Crippen LogP contribution < -0.4 is 14.2 Å². The Kier molecular flexibility index (Phi) is 7.17. The van der Waals surface area contributed by atoms with Gasteiger partial charge >= 0.3 is 11.9 Å². The summed E-state index contributed by atoms with van der Waals surface area (Å²) < 4.78 is 49.1. The van der Waals surface area contributed by atoms with Crippen LogP contribution in [0.5, 0.6) is 23.0 Å². The van der Waals surface area contributed by atoms with Gasteiger partial charge in [0, 0.05) is 11.1 Å². The fourth-order valence-electron chi connectivity index (χ4n) is 3.82. The van der Waals surface area contributed by atoms with Crippen molar-refractivity contribution in [2.45, 2.75) is 24.4 Å². The predicted molar refractivity (Wildman–Crippen MR) is 131 cm³/mol. The number of esters is 2. The van der Waals surface area contributed by atoms with E-state index in [1.54, 1.807) is 6.07 Å². The molecule has 0 amide bonds. The van der Waals surface area contributed by atoms with Crippen LogP contribution in [-0.4, -0.2) is 101 Å². The number of benzene rings is 2. The van der Waals surface area contributed by atoms with Gasteiger partial charge in [0.1, 0.15) is 50.8 Å². The lowest BCUT2D eigenvalue weighted by atomic mass is 9.97. The predicted octanol–water partition coefficient (Wildman–Crippen LogP) is 1.73. The minimum absolute atomic E-state index is 0.0761.